The van der Waals surface area contributed by atoms with Gasteiger partial charge in [-0.3, -0.25) is 14.3 Å². The van der Waals surface area contributed by atoms with E-state index >= 15 is 0 Å². The average molecular weight is 445 g/mol. The van der Waals surface area contributed by atoms with Crippen LogP contribution < -0.4 is 0 Å². The number of para-hydroxylation sites is 1. The second-order valence-corrected chi connectivity index (χ2v) is 11.0. The van der Waals surface area contributed by atoms with Gasteiger partial charge in [-0.15, -0.1) is 10.2 Å². The van der Waals surface area contributed by atoms with E-state index in [-0.39, 0.29) is 18.2 Å². The summed E-state index contributed by atoms with van der Waals surface area (Å²) in [4.78, 5) is 14.9. The van der Waals surface area contributed by atoms with Crippen LogP contribution in [0.2, 0.25) is 0 Å². The van der Waals surface area contributed by atoms with E-state index < -0.39 is 0 Å². The van der Waals surface area contributed by atoms with Crippen LogP contribution in [-0.4, -0.2) is 33.1 Å². The number of benzene rings is 2. The predicted molar refractivity (Wildman–Crippen MR) is 130 cm³/mol. The molecular formula is C27H32N4O2. The highest BCUT2D eigenvalue weighted by Gasteiger charge is 2.49. The van der Waals surface area contributed by atoms with Crippen LogP contribution in [0.15, 0.2) is 64.8 Å². The molecule has 2 fully saturated rings. The Morgan fingerprint density at radius 2 is 1.79 bits per heavy atom. The van der Waals surface area contributed by atoms with E-state index in [2.05, 4.69) is 35.9 Å². The maximum Gasteiger partial charge on any atom is 0.269 e. The zero-order chi connectivity index (χ0) is 23.2. The summed E-state index contributed by atoms with van der Waals surface area (Å²) in [6.07, 6.45) is 3.79. The van der Waals surface area contributed by atoms with E-state index in [4.69, 9.17) is 0 Å². The van der Waals surface area contributed by atoms with Crippen molar-refractivity contribution >= 4 is 22.5 Å². The summed E-state index contributed by atoms with van der Waals surface area (Å²) in [6, 6.07) is 17.8. The van der Waals surface area contributed by atoms with Crippen molar-refractivity contribution in [1.82, 2.24) is 9.47 Å². The molecule has 2 bridgehead atoms. The first-order valence-electron chi connectivity index (χ1n) is 11.8. The normalized spacial score (nSPS) is 24.6. The minimum atomic E-state index is -0.332. The van der Waals surface area contributed by atoms with Crippen LogP contribution in [0.5, 0.6) is 5.88 Å². The Morgan fingerprint density at radius 3 is 2.58 bits per heavy atom. The number of fused-ring (bicyclic) bond motifs is 3. The second kappa shape index (κ2) is 8.10. The van der Waals surface area contributed by atoms with Crippen molar-refractivity contribution in [2.24, 2.45) is 21.1 Å². The number of rotatable bonds is 5. The number of aromatic hydroxyl groups is 1. The zero-order valence-electron chi connectivity index (χ0n) is 19.7. The summed E-state index contributed by atoms with van der Waals surface area (Å²) >= 11 is 0. The van der Waals surface area contributed by atoms with Crippen molar-refractivity contribution in [1.29, 1.82) is 0 Å². The van der Waals surface area contributed by atoms with E-state index in [0.717, 1.165) is 23.0 Å². The molecule has 2 atom stereocenters. The van der Waals surface area contributed by atoms with Crippen molar-refractivity contribution < 1.29 is 9.90 Å². The second-order valence-electron chi connectivity index (χ2n) is 11.0. The van der Waals surface area contributed by atoms with Crippen molar-refractivity contribution in [3.63, 3.8) is 0 Å². The van der Waals surface area contributed by atoms with Gasteiger partial charge >= 0.3 is 0 Å². The quantitative estimate of drug-likeness (QED) is 0.486. The lowest BCUT2D eigenvalue weighted by Gasteiger charge is -2.40. The summed E-state index contributed by atoms with van der Waals surface area (Å²) in [5.74, 6) is -0.265. The van der Waals surface area contributed by atoms with Gasteiger partial charge < -0.3 is 5.11 Å². The molecule has 1 N–H and O–H groups in total. The van der Waals surface area contributed by atoms with Gasteiger partial charge in [0.05, 0.1) is 18.6 Å². The molecule has 1 aromatic heterocycles. The van der Waals surface area contributed by atoms with Gasteiger partial charge in [-0.2, -0.15) is 0 Å². The summed E-state index contributed by atoms with van der Waals surface area (Å²) in [5.41, 5.74) is 2.82. The molecule has 2 unspecified atom stereocenters. The number of likely N-dealkylation sites (tertiary alicyclic amines) is 1. The molecule has 1 aliphatic heterocycles. The van der Waals surface area contributed by atoms with Gasteiger partial charge in [0.1, 0.15) is 0 Å². The van der Waals surface area contributed by atoms with Gasteiger partial charge in [-0.1, -0.05) is 69.3 Å². The number of hydrogen-bond acceptors (Lipinski definition) is 4. The minimum absolute atomic E-state index is 0.0679. The van der Waals surface area contributed by atoms with Crippen molar-refractivity contribution in [2.75, 3.05) is 6.54 Å². The third kappa shape index (κ3) is 4.32. The molecule has 0 spiro atoms. The van der Waals surface area contributed by atoms with Crippen LogP contribution in [0, 0.1) is 10.8 Å². The third-order valence-electron chi connectivity index (χ3n) is 7.22. The lowest BCUT2D eigenvalue weighted by molar-refractivity contribution is -0.117. The Labute approximate surface area is 194 Å². The standard InChI is InChI=1S/C27H32N4O2/c1-26(2)14-20-15-27(3,16-26)17-30(20)18-31-22-12-8-7-11-21(22)24(25(31)33)29-28-23(32)13-19-9-5-4-6-10-19/h4-12,20,33H,13-18H2,1-3H3. The van der Waals surface area contributed by atoms with Gasteiger partial charge in [0, 0.05) is 18.0 Å². The van der Waals surface area contributed by atoms with Crippen LogP contribution in [0.1, 0.15) is 45.6 Å². The van der Waals surface area contributed by atoms with Gasteiger partial charge in [0.25, 0.3) is 5.91 Å². The Morgan fingerprint density at radius 1 is 1.06 bits per heavy atom. The van der Waals surface area contributed by atoms with E-state index in [1.54, 1.807) is 0 Å². The number of carbonyl (C=O) groups is 1. The van der Waals surface area contributed by atoms with E-state index in [0.29, 0.717) is 29.2 Å². The molecule has 1 saturated carbocycles. The fourth-order valence-electron chi connectivity index (χ4n) is 6.35. The summed E-state index contributed by atoms with van der Waals surface area (Å²) in [7, 11) is 0. The molecule has 5 rings (SSSR count). The SMILES string of the molecule is CC1(C)CC2CC(C)(CN2Cn2c(O)c(N=NC(=O)Cc3ccccc3)c3ccccc32)C1. The zero-order valence-corrected chi connectivity index (χ0v) is 19.7. The number of carbonyl (C=O) groups excluding carboxylic acids is 1. The smallest absolute Gasteiger partial charge is 0.269 e. The first kappa shape index (κ1) is 21.8. The van der Waals surface area contributed by atoms with Crippen molar-refractivity contribution in [2.45, 2.75) is 59.2 Å². The van der Waals surface area contributed by atoms with Crippen LogP contribution in [-0.2, 0) is 17.9 Å². The number of hydrogen-bond donors (Lipinski definition) is 1. The molecule has 1 amide bonds. The topological polar surface area (TPSA) is 70.2 Å². The highest BCUT2D eigenvalue weighted by Crippen LogP contribution is 2.53. The Hall–Kier alpha value is -2.99. The van der Waals surface area contributed by atoms with Crippen LogP contribution in [0.4, 0.5) is 5.69 Å². The maximum absolute atomic E-state index is 12.4. The molecule has 1 saturated heterocycles. The lowest BCUT2D eigenvalue weighted by Crippen LogP contribution is -2.35. The third-order valence-corrected chi connectivity index (χ3v) is 7.22. The number of amides is 1. The Kier molecular flexibility index (Phi) is 5.36. The molecule has 2 heterocycles. The van der Waals surface area contributed by atoms with E-state index in [9.17, 15) is 9.90 Å². The van der Waals surface area contributed by atoms with Gasteiger partial charge in [0.2, 0.25) is 5.88 Å². The molecule has 6 nitrogen and oxygen atoms in total. The van der Waals surface area contributed by atoms with E-state index in [1.165, 1.54) is 19.3 Å². The van der Waals surface area contributed by atoms with Crippen LogP contribution >= 0.6 is 0 Å². The first-order valence-corrected chi connectivity index (χ1v) is 11.8. The summed E-state index contributed by atoms with van der Waals surface area (Å²) < 4.78 is 1.92. The summed E-state index contributed by atoms with van der Waals surface area (Å²) in [6.45, 7) is 8.77. The predicted octanol–water partition coefficient (Wildman–Crippen LogP) is 6.06. The molecule has 2 aliphatic rings. The number of aromatic nitrogens is 1. The monoisotopic (exact) mass is 444 g/mol. The van der Waals surface area contributed by atoms with Gasteiger partial charge in [-0.25, -0.2) is 0 Å². The fraction of sp³-hybridized carbons (Fsp3) is 0.444. The fourth-order valence-corrected chi connectivity index (χ4v) is 6.35. The number of azo groups is 1. The molecular weight excluding hydrogens is 412 g/mol. The Balaban J connectivity index is 1.42. The van der Waals surface area contributed by atoms with Crippen LogP contribution in [0.25, 0.3) is 10.9 Å². The Bertz CT molecular complexity index is 1210. The highest BCUT2D eigenvalue weighted by atomic mass is 16.3. The number of nitrogens with zero attached hydrogens (tertiary/aromatic N) is 4. The molecule has 1 aliphatic carbocycles. The molecule has 172 valence electrons. The lowest BCUT2D eigenvalue weighted by atomic mass is 9.65. The highest BCUT2D eigenvalue weighted by molar-refractivity contribution is 5.95. The van der Waals surface area contributed by atoms with Gasteiger partial charge in [-0.05, 0) is 41.7 Å². The largest absolute Gasteiger partial charge is 0.493 e. The van der Waals surface area contributed by atoms with Crippen LogP contribution in [0.3, 0.4) is 0 Å². The summed E-state index contributed by atoms with van der Waals surface area (Å²) in [5, 5.41) is 20.1. The molecule has 3 aromatic rings. The molecule has 2 aromatic carbocycles. The van der Waals surface area contributed by atoms with Gasteiger partial charge in [0.15, 0.2) is 5.69 Å². The maximum atomic E-state index is 12.4. The van der Waals surface area contributed by atoms with E-state index in [1.807, 2.05) is 59.2 Å². The first-order chi connectivity index (χ1) is 15.7. The minimum Gasteiger partial charge on any atom is -0.493 e. The molecule has 0 radical (unpaired) electrons. The molecule has 33 heavy (non-hydrogen) atoms. The molecule has 6 heteroatoms. The van der Waals surface area contributed by atoms with Crippen molar-refractivity contribution in [3.8, 4) is 5.88 Å². The van der Waals surface area contributed by atoms with Crippen molar-refractivity contribution in [3.05, 3.63) is 60.2 Å². The average Bonchev–Trinajstić information content (AvgIpc) is 3.16.